The van der Waals surface area contributed by atoms with Crippen LogP contribution < -0.4 is 5.32 Å². The van der Waals surface area contributed by atoms with Gasteiger partial charge in [0.05, 0.1) is 11.7 Å². The van der Waals surface area contributed by atoms with Gasteiger partial charge in [-0.05, 0) is 129 Å². The zero-order valence-electron chi connectivity index (χ0n) is 23.7. The molecular formula is C31H40BrClN4O3. The van der Waals surface area contributed by atoms with Gasteiger partial charge in [0, 0.05) is 41.2 Å². The maximum atomic E-state index is 13.5. The lowest BCUT2D eigenvalue weighted by Crippen LogP contribution is -2.47. The minimum Gasteiger partial charge on any atom is -0.444 e. The Balaban J connectivity index is 1.18. The molecule has 40 heavy (non-hydrogen) atoms. The van der Waals surface area contributed by atoms with Gasteiger partial charge < -0.3 is 15.0 Å². The van der Waals surface area contributed by atoms with Crippen molar-refractivity contribution in [3.05, 3.63) is 62.3 Å². The summed E-state index contributed by atoms with van der Waals surface area (Å²) in [7, 11) is 0. The molecule has 5 rings (SSSR count). The van der Waals surface area contributed by atoms with Crippen LogP contribution >= 0.6 is 27.5 Å². The molecule has 3 heterocycles. The Morgan fingerprint density at radius 2 is 1.75 bits per heavy atom. The largest absolute Gasteiger partial charge is 0.444 e. The average molecular weight is 632 g/mol. The number of hydrogen-bond donors (Lipinski definition) is 1. The van der Waals surface area contributed by atoms with Crippen molar-refractivity contribution in [3.8, 4) is 0 Å². The van der Waals surface area contributed by atoms with Gasteiger partial charge in [0.15, 0.2) is 0 Å². The third-order valence-corrected chi connectivity index (χ3v) is 9.06. The number of carbonyl (C=O) groups is 2. The summed E-state index contributed by atoms with van der Waals surface area (Å²) in [4.78, 5) is 34.9. The quantitative estimate of drug-likeness (QED) is 0.438. The first kappa shape index (κ1) is 29.3. The Kier molecular flexibility index (Phi) is 9.08. The highest BCUT2D eigenvalue weighted by Gasteiger charge is 2.36. The number of aromatic nitrogens is 1. The Labute approximate surface area is 251 Å². The first-order valence-corrected chi connectivity index (χ1v) is 15.7. The molecule has 3 aliphatic rings. The van der Waals surface area contributed by atoms with Crippen molar-refractivity contribution in [1.82, 2.24) is 20.1 Å². The van der Waals surface area contributed by atoms with Gasteiger partial charge in [-0.3, -0.25) is 14.7 Å². The van der Waals surface area contributed by atoms with Crippen LogP contribution in [-0.2, 0) is 22.4 Å². The number of amides is 2. The average Bonchev–Trinajstić information content (AvgIpc) is 3.07. The second-order valence-corrected chi connectivity index (χ2v) is 13.8. The number of piperidine rings is 2. The molecule has 1 atom stereocenters. The Morgan fingerprint density at radius 3 is 2.45 bits per heavy atom. The number of nitrogens with zero attached hydrogens (tertiary/aromatic N) is 3. The molecule has 1 unspecified atom stereocenters. The lowest BCUT2D eigenvalue weighted by atomic mass is 9.89. The number of pyridine rings is 1. The summed E-state index contributed by atoms with van der Waals surface area (Å²) in [5.41, 5.74) is 4.46. The van der Waals surface area contributed by atoms with E-state index in [-0.39, 0.29) is 24.0 Å². The topological polar surface area (TPSA) is 74.8 Å². The number of nitrogens with one attached hydrogen (secondary N) is 1. The van der Waals surface area contributed by atoms with Crippen LogP contribution in [0.1, 0.15) is 74.9 Å². The normalized spacial score (nSPS) is 20.8. The summed E-state index contributed by atoms with van der Waals surface area (Å²) >= 11 is 9.99. The van der Waals surface area contributed by atoms with E-state index in [0.29, 0.717) is 12.5 Å². The molecule has 1 N–H and O–H groups in total. The van der Waals surface area contributed by atoms with Gasteiger partial charge in [-0.15, -0.1) is 0 Å². The van der Waals surface area contributed by atoms with Gasteiger partial charge >= 0.3 is 6.09 Å². The Bertz CT molecular complexity index is 1180. The molecule has 9 heteroatoms. The maximum Gasteiger partial charge on any atom is 0.407 e. The predicted octanol–water partition coefficient (Wildman–Crippen LogP) is 6.16. The van der Waals surface area contributed by atoms with E-state index in [9.17, 15) is 9.59 Å². The van der Waals surface area contributed by atoms with E-state index in [2.05, 4.69) is 44.3 Å². The second kappa shape index (κ2) is 12.4. The van der Waals surface area contributed by atoms with Crippen molar-refractivity contribution >= 4 is 39.5 Å². The first-order valence-electron chi connectivity index (χ1n) is 14.5. The van der Waals surface area contributed by atoms with E-state index in [1.165, 1.54) is 16.7 Å². The lowest BCUT2D eigenvalue weighted by molar-refractivity contribution is -0.138. The summed E-state index contributed by atoms with van der Waals surface area (Å²) in [6.07, 6.45) is 6.91. The number of alkyl carbamates (subject to hydrolysis) is 1. The standard InChI is InChI=1S/C31H40BrClN4O3/c1-31(2,3)40-30(39)35-18-20-8-12-37(13-9-20)29(38)21-10-14-36(15-11-21)28-26-7-6-25(33)17-22(26)4-5-23-16-24(32)19-34-27(23)28/h6-7,16-17,19-21,28H,4-5,8-15,18H2,1-3H3,(H,35,39). The molecular weight excluding hydrogens is 592 g/mol. The van der Waals surface area contributed by atoms with Crippen LogP contribution in [0, 0.1) is 11.8 Å². The molecule has 0 saturated carbocycles. The molecule has 2 aromatic rings. The highest BCUT2D eigenvalue weighted by atomic mass is 79.9. The van der Waals surface area contributed by atoms with Crippen molar-refractivity contribution in [1.29, 1.82) is 0 Å². The fraction of sp³-hybridized carbons (Fsp3) is 0.581. The van der Waals surface area contributed by atoms with E-state index in [1.54, 1.807) is 0 Å². The number of benzene rings is 1. The van der Waals surface area contributed by atoms with Crippen LogP contribution in [0.4, 0.5) is 4.79 Å². The van der Waals surface area contributed by atoms with Gasteiger partial charge in [0.2, 0.25) is 5.91 Å². The molecule has 0 bridgehead atoms. The number of likely N-dealkylation sites (tertiary alicyclic amines) is 2. The Hall–Kier alpha value is -2.16. The van der Waals surface area contributed by atoms with Crippen LogP contribution in [0.15, 0.2) is 34.9 Å². The zero-order chi connectivity index (χ0) is 28.4. The van der Waals surface area contributed by atoms with E-state index in [0.717, 1.165) is 79.9 Å². The van der Waals surface area contributed by atoms with Crippen LogP contribution in [0.5, 0.6) is 0 Å². The van der Waals surface area contributed by atoms with Crippen LogP contribution in [0.25, 0.3) is 0 Å². The third kappa shape index (κ3) is 7.00. The molecule has 2 saturated heterocycles. The number of halogens is 2. The van der Waals surface area contributed by atoms with E-state index in [4.69, 9.17) is 21.3 Å². The van der Waals surface area contributed by atoms with Gasteiger partial charge in [0.25, 0.3) is 0 Å². The van der Waals surface area contributed by atoms with Gasteiger partial charge in [-0.2, -0.15) is 0 Å². The van der Waals surface area contributed by atoms with Crippen LogP contribution in [-0.4, -0.2) is 65.1 Å². The number of carbonyl (C=O) groups excluding carboxylic acids is 2. The molecule has 216 valence electrons. The summed E-state index contributed by atoms with van der Waals surface area (Å²) in [5, 5.41) is 3.66. The minimum atomic E-state index is -0.500. The molecule has 2 fully saturated rings. The number of hydrogen-bond acceptors (Lipinski definition) is 5. The molecule has 2 aliphatic heterocycles. The van der Waals surface area contributed by atoms with Crippen molar-refractivity contribution in [2.45, 2.75) is 70.9 Å². The lowest BCUT2D eigenvalue weighted by Gasteiger charge is -2.40. The fourth-order valence-corrected chi connectivity index (χ4v) is 6.92. The van der Waals surface area contributed by atoms with Gasteiger partial charge in [0.1, 0.15) is 5.60 Å². The number of ether oxygens (including phenoxy) is 1. The summed E-state index contributed by atoms with van der Waals surface area (Å²) in [5.74, 6) is 0.712. The van der Waals surface area contributed by atoms with Gasteiger partial charge in [-0.25, -0.2) is 4.79 Å². The molecule has 1 aliphatic carbocycles. The summed E-state index contributed by atoms with van der Waals surface area (Å²) in [6, 6.07) is 8.53. The highest BCUT2D eigenvalue weighted by Crippen LogP contribution is 2.39. The monoisotopic (exact) mass is 630 g/mol. The fourth-order valence-electron chi connectivity index (χ4n) is 6.34. The van der Waals surface area contributed by atoms with Crippen LogP contribution in [0.2, 0.25) is 5.02 Å². The van der Waals surface area contributed by atoms with Crippen molar-refractivity contribution in [2.24, 2.45) is 11.8 Å². The van der Waals surface area contributed by atoms with Gasteiger partial charge in [-0.1, -0.05) is 17.7 Å². The smallest absolute Gasteiger partial charge is 0.407 e. The van der Waals surface area contributed by atoms with E-state index < -0.39 is 5.60 Å². The van der Waals surface area contributed by atoms with E-state index >= 15 is 0 Å². The number of fused-ring (bicyclic) bond motifs is 2. The Morgan fingerprint density at radius 1 is 1.05 bits per heavy atom. The number of rotatable bonds is 4. The van der Waals surface area contributed by atoms with Crippen LogP contribution in [0.3, 0.4) is 0 Å². The number of aryl methyl sites for hydroxylation is 2. The van der Waals surface area contributed by atoms with Crippen molar-refractivity contribution in [2.75, 3.05) is 32.7 Å². The molecule has 7 nitrogen and oxygen atoms in total. The molecule has 0 radical (unpaired) electrons. The molecule has 1 aromatic carbocycles. The van der Waals surface area contributed by atoms with Crippen molar-refractivity contribution in [3.63, 3.8) is 0 Å². The van der Waals surface area contributed by atoms with E-state index in [1.807, 2.05) is 37.9 Å². The molecule has 0 spiro atoms. The molecule has 1 aromatic heterocycles. The maximum absolute atomic E-state index is 13.5. The second-order valence-electron chi connectivity index (χ2n) is 12.4. The minimum absolute atomic E-state index is 0.0560. The summed E-state index contributed by atoms with van der Waals surface area (Å²) < 4.78 is 6.35. The third-order valence-electron chi connectivity index (χ3n) is 8.39. The zero-order valence-corrected chi connectivity index (χ0v) is 26.1. The summed E-state index contributed by atoms with van der Waals surface area (Å²) in [6.45, 7) is 9.40. The van der Waals surface area contributed by atoms with Crippen molar-refractivity contribution < 1.29 is 14.3 Å². The molecule has 2 amide bonds. The first-order chi connectivity index (χ1) is 19.1. The predicted molar refractivity (Wildman–Crippen MR) is 160 cm³/mol. The SMILES string of the molecule is CC(C)(C)OC(=O)NCC1CCN(C(=O)C2CCN(C3c4ccc(Cl)cc4CCc4cc(Br)cnc43)CC2)CC1. The highest BCUT2D eigenvalue weighted by molar-refractivity contribution is 9.10.